The molecule has 0 saturated heterocycles. The van der Waals surface area contributed by atoms with Crippen LogP contribution in [0.4, 0.5) is 0 Å². The van der Waals surface area contributed by atoms with Gasteiger partial charge in [0, 0.05) is 17.3 Å². The Kier molecular flexibility index (Phi) is 2.45. The lowest BCUT2D eigenvalue weighted by Crippen LogP contribution is -1.91. The van der Waals surface area contributed by atoms with Crippen LogP contribution in [-0.2, 0) is 0 Å². The first-order chi connectivity index (χ1) is 8.79. The first-order valence-corrected chi connectivity index (χ1v) is 5.79. The van der Waals surface area contributed by atoms with Gasteiger partial charge in [0.15, 0.2) is 6.29 Å². The number of hydrogen-bond acceptors (Lipinski definition) is 2. The maximum atomic E-state index is 10.9. The lowest BCUT2D eigenvalue weighted by molar-refractivity contribution is 0.112. The maximum absolute atomic E-state index is 10.9. The number of benzene rings is 1. The van der Waals surface area contributed by atoms with Crippen LogP contribution in [0.15, 0.2) is 48.7 Å². The summed E-state index contributed by atoms with van der Waals surface area (Å²) in [5.74, 6) is 0.867. The molecule has 0 saturated carbocycles. The summed E-state index contributed by atoms with van der Waals surface area (Å²) in [6, 6.07) is 13.7. The van der Waals surface area contributed by atoms with E-state index >= 15 is 0 Å². The SMILES string of the molecule is Cc1nc(-c2ccccc2)n2cc(C=O)ccc12. The fourth-order valence-electron chi connectivity index (χ4n) is 2.12. The molecule has 2 heterocycles. The minimum absolute atomic E-state index is 0.650. The zero-order chi connectivity index (χ0) is 12.5. The van der Waals surface area contributed by atoms with Gasteiger partial charge in [-0.15, -0.1) is 0 Å². The van der Waals surface area contributed by atoms with Crippen molar-refractivity contribution in [3.8, 4) is 11.4 Å². The predicted molar refractivity (Wildman–Crippen MR) is 70.8 cm³/mol. The highest BCUT2D eigenvalue weighted by Gasteiger charge is 2.09. The Bertz CT molecular complexity index is 714. The van der Waals surface area contributed by atoms with Crippen molar-refractivity contribution in [1.29, 1.82) is 0 Å². The van der Waals surface area contributed by atoms with E-state index in [1.165, 1.54) is 0 Å². The zero-order valence-corrected chi connectivity index (χ0v) is 10.00. The number of pyridine rings is 1. The van der Waals surface area contributed by atoms with Crippen molar-refractivity contribution < 1.29 is 4.79 Å². The monoisotopic (exact) mass is 236 g/mol. The Labute approximate surface area is 105 Å². The van der Waals surface area contributed by atoms with E-state index in [1.54, 1.807) is 0 Å². The molecule has 0 radical (unpaired) electrons. The number of aromatic nitrogens is 2. The smallest absolute Gasteiger partial charge is 0.151 e. The fraction of sp³-hybridized carbons (Fsp3) is 0.0667. The molecule has 0 bridgehead atoms. The van der Waals surface area contributed by atoms with Gasteiger partial charge in [-0.2, -0.15) is 0 Å². The van der Waals surface area contributed by atoms with Crippen molar-refractivity contribution in [1.82, 2.24) is 9.38 Å². The number of nitrogens with zero attached hydrogens (tertiary/aromatic N) is 2. The van der Waals surface area contributed by atoms with E-state index in [4.69, 9.17) is 0 Å². The second-order valence-electron chi connectivity index (χ2n) is 4.22. The van der Waals surface area contributed by atoms with Gasteiger partial charge in [-0.1, -0.05) is 30.3 Å². The third kappa shape index (κ3) is 1.61. The van der Waals surface area contributed by atoms with Gasteiger partial charge in [-0.05, 0) is 19.1 Å². The highest BCUT2D eigenvalue weighted by atomic mass is 16.1. The van der Waals surface area contributed by atoms with Crippen LogP contribution >= 0.6 is 0 Å². The molecule has 0 spiro atoms. The maximum Gasteiger partial charge on any atom is 0.151 e. The second-order valence-corrected chi connectivity index (χ2v) is 4.22. The van der Waals surface area contributed by atoms with Gasteiger partial charge in [-0.25, -0.2) is 4.98 Å². The highest BCUT2D eigenvalue weighted by molar-refractivity contribution is 5.76. The van der Waals surface area contributed by atoms with Crippen LogP contribution in [0.3, 0.4) is 0 Å². The molecule has 18 heavy (non-hydrogen) atoms. The van der Waals surface area contributed by atoms with Crippen LogP contribution in [0.5, 0.6) is 0 Å². The molecule has 1 aromatic carbocycles. The summed E-state index contributed by atoms with van der Waals surface area (Å²) in [7, 11) is 0. The summed E-state index contributed by atoms with van der Waals surface area (Å²) in [4.78, 5) is 15.5. The van der Waals surface area contributed by atoms with E-state index < -0.39 is 0 Å². The average molecular weight is 236 g/mol. The van der Waals surface area contributed by atoms with E-state index in [0.717, 1.165) is 28.9 Å². The molecule has 0 aliphatic heterocycles. The van der Waals surface area contributed by atoms with Crippen LogP contribution in [-0.4, -0.2) is 15.7 Å². The predicted octanol–water partition coefficient (Wildman–Crippen LogP) is 3.12. The van der Waals surface area contributed by atoms with E-state index in [2.05, 4.69) is 4.98 Å². The first-order valence-electron chi connectivity index (χ1n) is 5.79. The van der Waals surface area contributed by atoms with Crippen molar-refractivity contribution in [2.45, 2.75) is 6.92 Å². The first kappa shape index (κ1) is 10.7. The van der Waals surface area contributed by atoms with E-state index in [1.807, 2.05) is 60.0 Å². The molecule has 0 N–H and O–H groups in total. The second kappa shape index (κ2) is 4.11. The van der Waals surface area contributed by atoms with Gasteiger partial charge in [0.05, 0.1) is 11.2 Å². The van der Waals surface area contributed by atoms with Gasteiger partial charge < -0.3 is 0 Å². The molecule has 3 rings (SSSR count). The number of fused-ring (bicyclic) bond motifs is 1. The van der Waals surface area contributed by atoms with Gasteiger partial charge in [-0.3, -0.25) is 9.20 Å². The third-order valence-electron chi connectivity index (χ3n) is 3.01. The molecular weight excluding hydrogens is 224 g/mol. The Balaban J connectivity index is 2.32. The number of carbonyl (C=O) groups is 1. The van der Waals surface area contributed by atoms with Crippen LogP contribution in [0.1, 0.15) is 16.1 Å². The van der Waals surface area contributed by atoms with E-state index in [-0.39, 0.29) is 0 Å². The minimum Gasteiger partial charge on any atom is -0.299 e. The van der Waals surface area contributed by atoms with Gasteiger partial charge in [0.2, 0.25) is 0 Å². The molecule has 0 fully saturated rings. The zero-order valence-electron chi connectivity index (χ0n) is 10.00. The van der Waals surface area contributed by atoms with Crippen molar-refractivity contribution in [3.05, 3.63) is 59.9 Å². The summed E-state index contributed by atoms with van der Waals surface area (Å²) in [5, 5.41) is 0. The lowest BCUT2D eigenvalue weighted by Gasteiger charge is -2.01. The number of carbonyl (C=O) groups excluding carboxylic acids is 1. The van der Waals surface area contributed by atoms with E-state index in [0.29, 0.717) is 5.56 Å². The summed E-state index contributed by atoms with van der Waals surface area (Å²) >= 11 is 0. The quantitative estimate of drug-likeness (QED) is 0.641. The average Bonchev–Trinajstić information content (AvgIpc) is 2.76. The van der Waals surface area contributed by atoms with Crippen LogP contribution in [0.25, 0.3) is 16.9 Å². The molecule has 88 valence electrons. The molecule has 2 aromatic heterocycles. The molecule has 3 aromatic rings. The largest absolute Gasteiger partial charge is 0.299 e. The van der Waals surface area contributed by atoms with Crippen LogP contribution < -0.4 is 0 Å². The summed E-state index contributed by atoms with van der Waals surface area (Å²) in [5.41, 5.74) is 3.69. The molecule has 0 aliphatic rings. The number of aldehydes is 1. The molecule has 0 atom stereocenters. The van der Waals surface area contributed by atoms with Crippen molar-refractivity contribution >= 4 is 11.8 Å². The molecule has 0 aliphatic carbocycles. The lowest BCUT2D eigenvalue weighted by atomic mass is 10.2. The standard InChI is InChI=1S/C15H12N2O/c1-11-14-8-7-12(10-18)9-17(14)15(16-11)13-5-3-2-4-6-13/h2-10H,1H3. The highest BCUT2D eigenvalue weighted by Crippen LogP contribution is 2.22. The number of aryl methyl sites for hydroxylation is 1. The number of rotatable bonds is 2. The Hall–Kier alpha value is -2.42. The van der Waals surface area contributed by atoms with Crippen molar-refractivity contribution in [2.24, 2.45) is 0 Å². The molecule has 3 nitrogen and oxygen atoms in total. The normalized spacial score (nSPS) is 10.7. The molecule has 0 amide bonds. The van der Waals surface area contributed by atoms with Gasteiger partial charge in [0.1, 0.15) is 5.82 Å². The molecule has 0 unspecified atom stereocenters. The van der Waals surface area contributed by atoms with Crippen LogP contribution in [0, 0.1) is 6.92 Å². The summed E-state index contributed by atoms with van der Waals surface area (Å²) in [6.45, 7) is 1.97. The molecule has 3 heteroatoms. The number of hydrogen-bond donors (Lipinski definition) is 0. The summed E-state index contributed by atoms with van der Waals surface area (Å²) in [6.07, 6.45) is 2.67. The Morgan fingerprint density at radius 3 is 2.61 bits per heavy atom. The summed E-state index contributed by atoms with van der Waals surface area (Å²) < 4.78 is 1.97. The topological polar surface area (TPSA) is 34.4 Å². The van der Waals surface area contributed by atoms with Crippen molar-refractivity contribution in [2.75, 3.05) is 0 Å². The van der Waals surface area contributed by atoms with Crippen LogP contribution in [0.2, 0.25) is 0 Å². The Morgan fingerprint density at radius 2 is 1.89 bits per heavy atom. The van der Waals surface area contributed by atoms with E-state index in [9.17, 15) is 4.79 Å². The van der Waals surface area contributed by atoms with Gasteiger partial charge >= 0.3 is 0 Å². The number of imidazole rings is 1. The van der Waals surface area contributed by atoms with Gasteiger partial charge in [0.25, 0.3) is 0 Å². The fourth-order valence-corrected chi connectivity index (χ4v) is 2.12. The van der Waals surface area contributed by atoms with Crippen molar-refractivity contribution in [3.63, 3.8) is 0 Å². The third-order valence-corrected chi connectivity index (χ3v) is 3.01. The minimum atomic E-state index is 0.650. The Morgan fingerprint density at radius 1 is 1.11 bits per heavy atom. The molecular formula is C15H12N2O.